The molecule has 2 saturated heterocycles. The fraction of sp³-hybridized carbons (Fsp3) is 0.371. The summed E-state index contributed by atoms with van der Waals surface area (Å²) in [5, 5.41) is 6.31. The van der Waals surface area contributed by atoms with Gasteiger partial charge in [0.2, 0.25) is 17.6 Å². The molecule has 274 valence electrons. The molecular formula is C35H39F2N9O6. The van der Waals surface area contributed by atoms with Crippen molar-refractivity contribution >= 4 is 40.8 Å². The molecule has 2 aromatic carbocycles. The highest BCUT2D eigenvalue weighted by molar-refractivity contribution is 5.96. The average molecular weight is 720 g/mol. The van der Waals surface area contributed by atoms with Gasteiger partial charge in [0.05, 0.1) is 25.0 Å². The van der Waals surface area contributed by atoms with E-state index in [4.69, 9.17) is 20.9 Å². The minimum Gasteiger partial charge on any atom is -0.494 e. The van der Waals surface area contributed by atoms with Crippen molar-refractivity contribution in [2.75, 3.05) is 45.2 Å². The summed E-state index contributed by atoms with van der Waals surface area (Å²) in [7, 11) is 1.26. The molecule has 3 amide bonds. The summed E-state index contributed by atoms with van der Waals surface area (Å²) in [4.78, 5) is 62.2. The lowest BCUT2D eigenvalue weighted by atomic mass is 10.1. The number of aromatic nitrogens is 3. The number of primary amides is 1. The number of carbonyl (C=O) groups is 4. The zero-order valence-electron chi connectivity index (χ0n) is 28.6. The number of piperazine rings is 1. The van der Waals surface area contributed by atoms with E-state index in [1.807, 2.05) is 6.92 Å². The molecular weight excluding hydrogens is 680 g/mol. The Kier molecular flexibility index (Phi) is 10.6. The van der Waals surface area contributed by atoms with Crippen LogP contribution < -0.4 is 26.8 Å². The number of benzene rings is 2. The van der Waals surface area contributed by atoms with E-state index in [2.05, 4.69) is 20.6 Å². The van der Waals surface area contributed by atoms with Crippen LogP contribution in [0.25, 0.3) is 16.9 Å². The zero-order chi connectivity index (χ0) is 37.1. The van der Waals surface area contributed by atoms with Gasteiger partial charge in [0.15, 0.2) is 23.0 Å². The number of esters is 1. The van der Waals surface area contributed by atoms with Crippen molar-refractivity contribution in [2.24, 2.45) is 11.5 Å². The van der Waals surface area contributed by atoms with Crippen LogP contribution in [0, 0.1) is 18.6 Å². The fourth-order valence-electron chi connectivity index (χ4n) is 6.38. The van der Waals surface area contributed by atoms with Crippen LogP contribution in [0.2, 0.25) is 0 Å². The number of fused-ring (bicyclic) bond motifs is 1. The number of nitrogens with one attached hydrogen (secondary N) is 2. The Balaban J connectivity index is 1.04. The van der Waals surface area contributed by atoms with Gasteiger partial charge in [-0.3, -0.25) is 23.6 Å². The Bertz CT molecular complexity index is 2020. The van der Waals surface area contributed by atoms with Crippen LogP contribution in [0.3, 0.4) is 0 Å². The summed E-state index contributed by atoms with van der Waals surface area (Å²) >= 11 is 0. The minimum absolute atomic E-state index is 0.00935. The fourth-order valence-corrected chi connectivity index (χ4v) is 6.38. The minimum atomic E-state index is -1.10. The maximum atomic E-state index is 14.9. The summed E-state index contributed by atoms with van der Waals surface area (Å²) < 4.78 is 41.2. The molecule has 4 heterocycles. The van der Waals surface area contributed by atoms with E-state index in [1.54, 1.807) is 38.6 Å². The third-order valence-corrected chi connectivity index (χ3v) is 9.24. The molecule has 52 heavy (non-hydrogen) atoms. The molecule has 6 rings (SSSR count). The van der Waals surface area contributed by atoms with Crippen LogP contribution in [-0.4, -0.2) is 106 Å². The van der Waals surface area contributed by atoms with E-state index in [1.165, 1.54) is 31.6 Å². The number of anilines is 2. The van der Waals surface area contributed by atoms with Gasteiger partial charge in [-0.05, 0) is 49.2 Å². The highest BCUT2D eigenvalue weighted by Gasteiger charge is 2.36. The van der Waals surface area contributed by atoms with E-state index < -0.39 is 41.7 Å². The van der Waals surface area contributed by atoms with Crippen LogP contribution in [0.4, 0.5) is 20.3 Å². The van der Waals surface area contributed by atoms with Crippen LogP contribution in [0.15, 0.2) is 48.9 Å². The second-order valence-electron chi connectivity index (χ2n) is 12.7. The lowest BCUT2D eigenvalue weighted by Crippen LogP contribution is -2.54. The zero-order valence-corrected chi connectivity index (χ0v) is 28.6. The van der Waals surface area contributed by atoms with Crippen molar-refractivity contribution in [3.8, 4) is 17.0 Å². The molecule has 4 aromatic rings. The number of aryl methyl sites for hydroxylation is 1. The van der Waals surface area contributed by atoms with Crippen LogP contribution in [0.1, 0.15) is 35.2 Å². The van der Waals surface area contributed by atoms with E-state index in [9.17, 15) is 28.0 Å². The number of methoxy groups -OCH3 is 1. The van der Waals surface area contributed by atoms with E-state index in [0.29, 0.717) is 73.1 Å². The van der Waals surface area contributed by atoms with Crippen LogP contribution in [0.5, 0.6) is 5.75 Å². The maximum absolute atomic E-state index is 14.9. The lowest BCUT2D eigenvalue weighted by Gasteiger charge is -2.36. The molecule has 0 bridgehead atoms. The second kappa shape index (κ2) is 15.3. The Morgan fingerprint density at radius 2 is 1.81 bits per heavy atom. The number of nitrogens with zero attached hydrogens (tertiary/aromatic N) is 5. The first-order valence-electron chi connectivity index (χ1n) is 16.7. The molecule has 6 N–H and O–H groups in total. The number of imidazole rings is 1. The predicted octanol–water partition coefficient (Wildman–Crippen LogP) is 1.89. The van der Waals surface area contributed by atoms with Crippen LogP contribution in [-0.2, 0) is 19.1 Å². The largest absolute Gasteiger partial charge is 0.494 e. The van der Waals surface area contributed by atoms with Crippen molar-refractivity contribution in [1.29, 1.82) is 0 Å². The first-order chi connectivity index (χ1) is 24.9. The number of amides is 3. The highest BCUT2D eigenvalue weighted by atomic mass is 19.2. The van der Waals surface area contributed by atoms with Gasteiger partial charge in [-0.25, -0.2) is 14.4 Å². The predicted molar refractivity (Wildman–Crippen MR) is 185 cm³/mol. The third-order valence-electron chi connectivity index (χ3n) is 9.24. The molecule has 2 aromatic heterocycles. The molecule has 0 radical (unpaired) electrons. The molecule has 17 heteroatoms. The van der Waals surface area contributed by atoms with Gasteiger partial charge in [-0.15, -0.1) is 0 Å². The molecule has 3 atom stereocenters. The van der Waals surface area contributed by atoms with Gasteiger partial charge in [-0.2, -0.15) is 4.39 Å². The molecule has 0 saturated carbocycles. The number of hydrogen-bond acceptors (Lipinski definition) is 11. The van der Waals surface area contributed by atoms with E-state index in [0.717, 1.165) is 0 Å². The third kappa shape index (κ3) is 7.50. The normalized spacial score (nSPS) is 17.9. The second-order valence-corrected chi connectivity index (χ2v) is 12.7. The lowest BCUT2D eigenvalue weighted by molar-refractivity contribution is -0.150. The first-order valence-corrected chi connectivity index (χ1v) is 16.7. The summed E-state index contributed by atoms with van der Waals surface area (Å²) in [6, 6.07) is 6.52. The molecule has 15 nitrogen and oxygen atoms in total. The summed E-state index contributed by atoms with van der Waals surface area (Å²) in [6.45, 7) is 3.50. The molecule has 2 fully saturated rings. The smallest absolute Gasteiger partial charge is 0.323 e. The maximum Gasteiger partial charge on any atom is 0.323 e. The average Bonchev–Trinajstić information content (AvgIpc) is 3.79. The Hall–Kier alpha value is -5.68. The summed E-state index contributed by atoms with van der Waals surface area (Å²) in [6.07, 6.45) is 4.36. The van der Waals surface area contributed by atoms with E-state index in [-0.39, 0.29) is 36.0 Å². The van der Waals surface area contributed by atoms with Gasteiger partial charge < -0.3 is 41.4 Å². The number of halogens is 2. The summed E-state index contributed by atoms with van der Waals surface area (Å²) in [5.41, 5.74) is 13.5. The Morgan fingerprint density at radius 1 is 1.06 bits per heavy atom. The monoisotopic (exact) mass is 719 g/mol. The van der Waals surface area contributed by atoms with Crippen molar-refractivity contribution in [3.05, 3.63) is 71.7 Å². The first kappa shape index (κ1) is 36.1. The van der Waals surface area contributed by atoms with Crippen molar-refractivity contribution in [1.82, 2.24) is 29.5 Å². The van der Waals surface area contributed by atoms with Gasteiger partial charge in [0, 0.05) is 74.8 Å². The standard InChI is InChI=1S/C35H39F2N9O6/c1-19-15-20(43-31-32-42-18-26(46(32)10-9-40-31)23-5-7-27(51-2)30(37)29(23)36)3-4-22(19)33(48)44-11-13-45(14-12-44)34(49)25-16-21(17-41-25)52-35(50)24(38)6-8-28(39)47/h3-5,7,9-10,15,18,21,24-25,41H,6,8,11-14,16-17,38H2,1-2H3,(H2,39,47)(H,40,43)/t21-,24+,25+/m1/s1. The topological polar surface area (TPSA) is 200 Å². The van der Waals surface area contributed by atoms with Crippen molar-refractivity contribution < 1.29 is 37.4 Å². The quantitative estimate of drug-likeness (QED) is 0.165. The molecule has 0 aliphatic carbocycles. The Labute approximate surface area is 297 Å². The number of nitrogens with two attached hydrogens (primary N) is 2. The molecule has 2 aliphatic rings. The highest BCUT2D eigenvalue weighted by Crippen LogP contribution is 2.32. The molecule has 0 unspecified atom stereocenters. The van der Waals surface area contributed by atoms with Crippen LogP contribution >= 0.6 is 0 Å². The van der Waals surface area contributed by atoms with E-state index >= 15 is 0 Å². The number of rotatable bonds is 11. The van der Waals surface area contributed by atoms with Gasteiger partial charge in [0.25, 0.3) is 5.91 Å². The number of hydrogen-bond donors (Lipinski definition) is 4. The number of carbonyl (C=O) groups excluding carboxylic acids is 4. The van der Waals surface area contributed by atoms with Gasteiger partial charge >= 0.3 is 5.97 Å². The van der Waals surface area contributed by atoms with Gasteiger partial charge in [0.1, 0.15) is 12.1 Å². The van der Waals surface area contributed by atoms with Crippen molar-refractivity contribution in [2.45, 2.75) is 44.4 Å². The molecule has 0 spiro atoms. The van der Waals surface area contributed by atoms with Gasteiger partial charge in [-0.1, -0.05) is 0 Å². The van der Waals surface area contributed by atoms with Crippen molar-refractivity contribution in [3.63, 3.8) is 0 Å². The summed E-state index contributed by atoms with van der Waals surface area (Å²) in [5.74, 6) is -3.49. The Morgan fingerprint density at radius 3 is 2.52 bits per heavy atom. The SMILES string of the molecule is COc1ccc(-c2cnc3c(Nc4ccc(C(=O)N5CCN(C(=O)[C@@H]6C[C@@H](OC(=O)[C@@H](N)CCC(N)=O)CN6)CC5)c(C)c4)nccn23)c(F)c1F. The molecule has 2 aliphatic heterocycles. The number of ether oxygens (including phenoxy) is 2.